The first-order valence-electron chi connectivity index (χ1n) is 4.81. The van der Waals surface area contributed by atoms with Gasteiger partial charge in [-0.2, -0.15) is 18.3 Å². The zero-order chi connectivity index (χ0) is 11.5. The van der Waals surface area contributed by atoms with Crippen molar-refractivity contribution in [2.75, 3.05) is 6.54 Å². The summed E-state index contributed by atoms with van der Waals surface area (Å²) in [6.45, 7) is 2.34. The van der Waals surface area contributed by atoms with E-state index in [1.54, 1.807) is 0 Å². The molecular formula is C9H14F3N3. The summed E-state index contributed by atoms with van der Waals surface area (Å²) in [7, 11) is 0. The van der Waals surface area contributed by atoms with E-state index in [0.29, 0.717) is 13.0 Å². The van der Waals surface area contributed by atoms with Crippen molar-refractivity contribution in [3.63, 3.8) is 0 Å². The molecule has 0 spiro atoms. The number of nitrogens with two attached hydrogens (primary N) is 1. The number of rotatable bonds is 4. The van der Waals surface area contributed by atoms with Crippen LogP contribution in [-0.2, 0) is 6.18 Å². The van der Waals surface area contributed by atoms with E-state index in [4.69, 9.17) is 5.73 Å². The fraction of sp³-hybridized carbons (Fsp3) is 0.667. The summed E-state index contributed by atoms with van der Waals surface area (Å²) in [4.78, 5) is 0. The highest BCUT2D eigenvalue weighted by Gasteiger charge is 2.33. The van der Waals surface area contributed by atoms with Gasteiger partial charge in [0.05, 0.1) is 6.04 Å². The summed E-state index contributed by atoms with van der Waals surface area (Å²) in [6.07, 6.45) is -1.66. The molecule has 1 heterocycles. The van der Waals surface area contributed by atoms with Crippen molar-refractivity contribution >= 4 is 0 Å². The monoisotopic (exact) mass is 221 g/mol. The molecule has 0 fully saturated rings. The van der Waals surface area contributed by atoms with Gasteiger partial charge in [-0.15, -0.1) is 0 Å². The highest BCUT2D eigenvalue weighted by Crippen LogP contribution is 2.28. The smallest absolute Gasteiger partial charge is 0.330 e. The molecule has 3 nitrogen and oxygen atoms in total. The van der Waals surface area contributed by atoms with Crippen LogP contribution < -0.4 is 5.73 Å². The number of alkyl halides is 3. The molecule has 1 rings (SSSR count). The van der Waals surface area contributed by atoms with E-state index in [-0.39, 0.29) is 6.04 Å². The van der Waals surface area contributed by atoms with Crippen LogP contribution in [0.1, 0.15) is 31.5 Å². The van der Waals surface area contributed by atoms with Gasteiger partial charge in [0.2, 0.25) is 0 Å². The second-order valence-electron chi connectivity index (χ2n) is 3.32. The number of halogens is 3. The Morgan fingerprint density at radius 3 is 2.60 bits per heavy atom. The van der Waals surface area contributed by atoms with Gasteiger partial charge in [0, 0.05) is 6.20 Å². The fourth-order valence-electron chi connectivity index (χ4n) is 1.41. The number of aromatic nitrogens is 2. The third-order valence-electron chi connectivity index (χ3n) is 2.24. The summed E-state index contributed by atoms with van der Waals surface area (Å²) < 4.78 is 38.1. The lowest BCUT2D eigenvalue weighted by molar-refractivity contribution is -0.141. The van der Waals surface area contributed by atoms with Gasteiger partial charge in [0.1, 0.15) is 0 Å². The molecule has 86 valence electrons. The summed E-state index contributed by atoms with van der Waals surface area (Å²) >= 11 is 0. The van der Waals surface area contributed by atoms with Crippen LogP contribution >= 0.6 is 0 Å². The molecule has 0 unspecified atom stereocenters. The Bertz CT molecular complexity index is 306. The molecule has 0 aliphatic rings. The minimum absolute atomic E-state index is 0.0499. The summed E-state index contributed by atoms with van der Waals surface area (Å²) in [5.41, 5.74) is 4.52. The molecule has 1 aromatic rings. The first-order chi connectivity index (χ1) is 6.99. The molecule has 0 bridgehead atoms. The predicted octanol–water partition coefficient (Wildman–Crippen LogP) is 2.20. The molecule has 0 radical (unpaired) electrons. The van der Waals surface area contributed by atoms with Crippen molar-refractivity contribution in [3.8, 4) is 0 Å². The van der Waals surface area contributed by atoms with E-state index < -0.39 is 11.9 Å². The van der Waals surface area contributed by atoms with Crippen molar-refractivity contribution in [1.29, 1.82) is 0 Å². The molecule has 0 amide bonds. The van der Waals surface area contributed by atoms with Gasteiger partial charge < -0.3 is 5.73 Å². The van der Waals surface area contributed by atoms with Crippen molar-refractivity contribution in [2.45, 2.75) is 32.0 Å². The third kappa shape index (κ3) is 2.95. The largest absolute Gasteiger partial charge is 0.435 e. The zero-order valence-electron chi connectivity index (χ0n) is 8.46. The first-order valence-corrected chi connectivity index (χ1v) is 4.81. The molecule has 0 aliphatic carbocycles. The topological polar surface area (TPSA) is 43.8 Å². The number of hydrogen-bond acceptors (Lipinski definition) is 2. The Morgan fingerprint density at radius 2 is 2.20 bits per heavy atom. The Kier molecular flexibility index (Phi) is 3.73. The lowest BCUT2D eigenvalue weighted by Gasteiger charge is -2.14. The maximum atomic E-state index is 12.3. The molecule has 0 aromatic carbocycles. The standard InChI is InChI=1S/C9H14F3N3/c1-2-7(3-5-13)15-6-4-8(14-15)9(10,11)12/h4,6-7H,2-3,5,13H2,1H3/t7-/m1/s1. The predicted molar refractivity (Wildman–Crippen MR) is 50.2 cm³/mol. The second-order valence-corrected chi connectivity index (χ2v) is 3.32. The van der Waals surface area contributed by atoms with Gasteiger partial charge in [0.25, 0.3) is 0 Å². The Morgan fingerprint density at radius 1 is 1.53 bits per heavy atom. The average Bonchev–Trinajstić information content (AvgIpc) is 2.62. The highest BCUT2D eigenvalue weighted by molar-refractivity contribution is 5.03. The first kappa shape index (κ1) is 12.0. The average molecular weight is 221 g/mol. The molecular weight excluding hydrogens is 207 g/mol. The maximum Gasteiger partial charge on any atom is 0.435 e. The highest BCUT2D eigenvalue weighted by atomic mass is 19.4. The fourth-order valence-corrected chi connectivity index (χ4v) is 1.41. The SMILES string of the molecule is CC[C@H](CCN)n1ccc(C(F)(F)F)n1. The maximum absolute atomic E-state index is 12.3. The molecule has 1 aromatic heterocycles. The number of nitrogens with zero attached hydrogens (tertiary/aromatic N) is 2. The molecule has 15 heavy (non-hydrogen) atoms. The lowest BCUT2D eigenvalue weighted by Crippen LogP contribution is -2.15. The summed E-state index contributed by atoms with van der Waals surface area (Å²) in [5.74, 6) is 0. The molecule has 6 heteroatoms. The van der Waals surface area contributed by atoms with Gasteiger partial charge in [-0.1, -0.05) is 6.92 Å². The van der Waals surface area contributed by atoms with E-state index in [1.165, 1.54) is 10.9 Å². The van der Waals surface area contributed by atoms with E-state index in [1.807, 2.05) is 6.92 Å². The molecule has 2 N–H and O–H groups in total. The van der Waals surface area contributed by atoms with Crippen LogP contribution in [-0.4, -0.2) is 16.3 Å². The van der Waals surface area contributed by atoms with Gasteiger partial charge in [-0.05, 0) is 25.5 Å². The second kappa shape index (κ2) is 4.65. The van der Waals surface area contributed by atoms with E-state index in [0.717, 1.165) is 12.5 Å². The Hall–Kier alpha value is -1.04. The van der Waals surface area contributed by atoms with E-state index >= 15 is 0 Å². The van der Waals surface area contributed by atoms with Crippen LogP contribution in [0, 0.1) is 0 Å². The molecule has 0 saturated heterocycles. The van der Waals surface area contributed by atoms with Gasteiger partial charge in [-0.25, -0.2) is 0 Å². The van der Waals surface area contributed by atoms with Crippen molar-refractivity contribution in [1.82, 2.24) is 9.78 Å². The van der Waals surface area contributed by atoms with Crippen molar-refractivity contribution in [3.05, 3.63) is 18.0 Å². The van der Waals surface area contributed by atoms with Crippen LogP contribution in [0.5, 0.6) is 0 Å². The van der Waals surface area contributed by atoms with Crippen LogP contribution in [0.2, 0.25) is 0 Å². The molecule has 0 aliphatic heterocycles. The molecule has 0 saturated carbocycles. The summed E-state index contributed by atoms with van der Waals surface area (Å²) in [6, 6.07) is 0.935. The third-order valence-corrected chi connectivity index (χ3v) is 2.24. The normalized spacial score (nSPS) is 14.2. The van der Waals surface area contributed by atoms with Crippen LogP contribution in [0.25, 0.3) is 0 Å². The van der Waals surface area contributed by atoms with Crippen LogP contribution in [0.15, 0.2) is 12.3 Å². The summed E-state index contributed by atoms with van der Waals surface area (Å²) in [5, 5.41) is 3.51. The zero-order valence-corrected chi connectivity index (χ0v) is 8.46. The van der Waals surface area contributed by atoms with E-state index in [2.05, 4.69) is 5.10 Å². The Balaban J connectivity index is 2.82. The van der Waals surface area contributed by atoms with Crippen molar-refractivity contribution in [2.24, 2.45) is 5.73 Å². The van der Waals surface area contributed by atoms with Crippen molar-refractivity contribution < 1.29 is 13.2 Å². The van der Waals surface area contributed by atoms with Crippen LogP contribution in [0.4, 0.5) is 13.2 Å². The van der Waals surface area contributed by atoms with Gasteiger partial charge in [0.15, 0.2) is 5.69 Å². The van der Waals surface area contributed by atoms with E-state index in [9.17, 15) is 13.2 Å². The minimum atomic E-state index is -4.37. The van der Waals surface area contributed by atoms with Gasteiger partial charge >= 0.3 is 6.18 Å². The lowest BCUT2D eigenvalue weighted by atomic mass is 10.1. The molecule has 1 atom stereocenters. The quantitative estimate of drug-likeness (QED) is 0.847. The minimum Gasteiger partial charge on any atom is -0.330 e. The Labute approximate surface area is 86.1 Å². The number of hydrogen-bond donors (Lipinski definition) is 1. The van der Waals surface area contributed by atoms with Gasteiger partial charge in [-0.3, -0.25) is 4.68 Å². The van der Waals surface area contributed by atoms with Crippen LogP contribution in [0.3, 0.4) is 0 Å².